The molecule has 0 bridgehead atoms. The Morgan fingerprint density at radius 2 is 2.10 bits per heavy atom. The lowest BCUT2D eigenvalue weighted by molar-refractivity contribution is 0.0941. The van der Waals surface area contributed by atoms with Crippen LogP contribution in [0.5, 0.6) is 0 Å². The third-order valence-corrected chi connectivity index (χ3v) is 5.16. The molecule has 2 N–H and O–H groups in total. The lowest BCUT2D eigenvalue weighted by atomic mass is 10.2. The van der Waals surface area contributed by atoms with Gasteiger partial charge >= 0.3 is 0 Å². The number of nitrogens with one attached hydrogen (secondary N) is 2. The first-order valence-electron chi connectivity index (χ1n) is 9.65. The SMILES string of the molecule is COCCn1c(C(=O)NCCCc2nc3ccccc3[nH]2)cc2cc(Cl)ccc21. The van der Waals surface area contributed by atoms with Crippen LogP contribution in [0.1, 0.15) is 22.7 Å². The number of rotatable bonds is 8. The fraction of sp³-hybridized carbons (Fsp3) is 0.273. The van der Waals surface area contributed by atoms with Crippen LogP contribution in [0, 0.1) is 0 Å². The maximum absolute atomic E-state index is 12.8. The van der Waals surface area contributed by atoms with Crippen LogP contribution in [0.2, 0.25) is 5.02 Å². The monoisotopic (exact) mass is 410 g/mol. The van der Waals surface area contributed by atoms with Crippen LogP contribution in [-0.4, -0.2) is 40.7 Å². The predicted octanol–water partition coefficient (Wildman–Crippen LogP) is 4.18. The summed E-state index contributed by atoms with van der Waals surface area (Å²) >= 11 is 6.11. The molecule has 0 radical (unpaired) electrons. The van der Waals surface area contributed by atoms with Crippen LogP contribution >= 0.6 is 11.6 Å². The molecule has 1 amide bonds. The van der Waals surface area contributed by atoms with Gasteiger partial charge in [0.2, 0.25) is 0 Å². The zero-order valence-corrected chi connectivity index (χ0v) is 17.0. The van der Waals surface area contributed by atoms with Crippen LogP contribution in [0.25, 0.3) is 21.9 Å². The second kappa shape index (κ2) is 8.68. The Balaban J connectivity index is 1.41. The maximum Gasteiger partial charge on any atom is 0.267 e. The highest BCUT2D eigenvalue weighted by atomic mass is 35.5. The minimum Gasteiger partial charge on any atom is -0.383 e. The molecule has 0 saturated carbocycles. The fourth-order valence-corrected chi connectivity index (χ4v) is 3.71. The van der Waals surface area contributed by atoms with Gasteiger partial charge in [-0.3, -0.25) is 4.79 Å². The number of halogens is 1. The van der Waals surface area contributed by atoms with Gasteiger partial charge in [0, 0.05) is 42.5 Å². The summed E-state index contributed by atoms with van der Waals surface area (Å²) in [5, 5.41) is 4.62. The number of fused-ring (bicyclic) bond motifs is 2. The molecule has 0 spiro atoms. The Kier molecular flexibility index (Phi) is 5.83. The molecule has 0 aliphatic heterocycles. The van der Waals surface area contributed by atoms with E-state index in [0.29, 0.717) is 30.4 Å². The van der Waals surface area contributed by atoms with Crippen LogP contribution in [0.3, 0.4) is 0 Å². The van der Waals surface area contributed by atoms with E-state index >= 15 is 0 Å². The van der Waals surface area contributed by atoms with E-state index < -0.39 is 0 Å². The second-order valence-electron chi connectivity index (χ2n) is 6.94. The quantitative estimate of drug-likeness (QED) is 0.428. The molecule has 0 fully saturated rings. The molecule has 4 rings (SSSR count). The van der Waals surface area contributed by atoms with Gasteiger partial charge in [0.15, 0.2) is 0 Å². The predicted molar refractivity (Wildman–Crippen MR) is 116 cm³/mol. The van der Waals surface area contributed by atoms with Gasteiger partial charge in [0.1, 0.15) is 11.5 Å². The van der Waals surface area contributed by atoms with Gasteiger partial charge in [0.05, 0.1) is 17.6 Å². The summed E-state index contributed by atoms with van der Waals surface area (Å²) in [5.74, 6) is 0.835. The van der Waals surface area contributed by atoms with Crippen molar-refractivity contribution in [3.63, 3.8) is 0 Å². The van der Waals surface area contributed by atoms with Crippen molar-refractivity contribution in [1.82, 2.24) is 19.9 Å². The molecule has 0 aliphatic carbocycles. The van der Waals surface area contributed by atoms with Crippen LogP contribution < -0.4 is 5.32 Å². The number of aryl methyl sites for hydroxylation is 1. The van der Waals surface area contributed by atoms with E-state index in [0.717, 1.165) is 40.6 Å². The minimum atomic E-state index is -0.0990. The van der Waals surface area contributed by atoms with E-state index in [9.17, 15) is 4.79 Å². The van der Waals surface area contributed by atoms with Gasteiger partial charge in [0.25, 0.3) is 5.91 Å². The van der Waals surface area contributed by atoms with E-state index in [-0.39, 0.29) is 5.91 Å². The second-order valence-corrected chi connectivity index (χ2v) is 7.37. The number of amides is 1. The molecule has 2 aromatic heterocycles. The average Bonchev–Trinajstić information content (AvgIpc) is 3.29. The number of ether oxygens (including phenoxy) is 1. The first-order valence-corrected chi connectivity index (χ1v) is 10.0. The largest absolute Gasteiger partial charge is 0.383 e. The van der Waals surface area contributed by atoms with E-state index in [1.165, 1.54) is 0 Å². The Morgan fingerprint density at radius 3 is 2.93 bits per heavy atom. The van der Waals surface area contributed by atoms with Crippen molar-refractivity contribution in [2.24, 2.45) is 0 Å². The summed E-state index contributed by atoms with van der Waals surface area (Å²) in [6.45, 7) is 1.70. The zero-order valence-electron chi connectivity index (χ0n) is 16.2. The fourth-order valence-electron chi connectivity index (χ4n) is 3.53. The number of para-hydroxylation sites is 2. The van der Waals surface area contributed by atoms with Crippen molar-refractivity contribution in [2.45, 2.75) is 19.4 Å². The van der Waals surface area contributed by atoms with E-state index in [2.05, 4.69) is 15.3 Å². The Labute approximate surface area is 173 Å². The maximum atomic E-state index is 12.8. The van der Waals surface area contributed by atoms with Gasteiger partial charge in [-0.05, 0) is 42.8 Å². The molecule has 0 unspecified atom stereocenters. The summed E-state index contributed by atoms with van der Waals surface area (Å²) in [6.07, 6.45) is 1.58. The van der Waals surface area contributed by atoms with Crippen molar-refractivity contribution in [3.05, 3.63) is 65.1 Å². The van der Waals surface area contributed by atoms with Gasteiger partial charge < -0.3 is 19.6 Å². The number of aromatic amines is 1. The molecular formula is C22H23ClN4O2. The number of carbonyl (C=O) groups is 1. The Hall–Kier alpha value is -2.83. The molecule has 2 heterocycles. The number of imidazole rings is 1. The lowest BCUT2D eigenvalue weighted by Crippen LogP contribution is -2.27. The number of carbonyl (C=O) groups excluding carboxylic acids is 1. The zero-order chi connectivity index (χ0) is 20.2. The van der Waals surface area contributed by atoms with Crippen molar-refractivity contribution in [1.29, 1.82) is 0 Å². The first kappa shape index (κ1) is 19.5. The molecule has 4 aromatic rings. The van der Waals surface area contributed by atoms with E-state index in [1.54, 1.807) is 7.11 Å². The van der Waals surface area contributed by atoms with E-state index in [4.69, 9.17) is 16.3 Å². The molecule has 0 aliphatic rings. The smallest absolute Gasteiger partial charge is 0.267 e. The molecule has 2 aromatic carbocycles. The molecule has 7 heteroatoms. The summed E-state index contributed by atoms with van der Waals surface area (Å²) in [6, 6.07) is 15.5. The highest BCUT2D eigenvalue weighted by molar-refractivity contribution is 6.31. The number of H-pyrrole nitrogens is 1. The van der Waals surface area contributed by atoms with Gasteiger partial charge in [-0.1, -0.05) is 23.7 Å². The molecule has 6 nitrogen and oxygen atoms in total. The number of hydrogen-bond acceptors (Lipinski definition) is 3. The number of nitrogens with zero attached hydrogens (tertiary/aromatic N) is 2. The molecular weight excluding hydrogens is 388 g/mol. The summed E-state index contributed by atoms with van der Waals surface area (Å²) in [4.78, 5) is 20.7. The number of aromatic nitrogens is 3. The average molecular weight is 411 g/mol. The third kappa shape index (κ3) is 4.28. The molecule has 29 heavy (non-hydrogen) atoms. The summed E-state index contributed by atoms with van der Waals surface area (Å²) in [7, 11) is 1.65. The molecule has 0 atom stereocenters. The summed E-state index contributed by atoms with van der Waals surface area (Å²) in [5.41, 5.74) is 3.59. The van der Waals surface area contributed by atoms with Gasteiger partial charge in [-0.2, -0.15) is 0 Å². The minimum absolute atomic E-state index is 0.0990. The normalized spacial score (nSPS) is 11.4. The number of hydrogen-bond donors (Lipinski definition) is 2. The van der Waals surface area contributed by atoms with Crippen molar-refractivity contribution in [3.8, 4) is 0 Å². The Bertz CT molecular complexity index is 1120. The van der Waals surface area contributed by atoms with Crippen molar-refractivity contribution in [2.75, 3.05) is 20.3 Å². The van der Waals surface area contributed by atoms with Gasteiger partial charge in [-0.25, -0.2) is 4.98 Å². The third-order valence-electron chi connectivity index (χ3n) is 4.93. The number of methoxy groups -OCH3 is 1. The first-order chi connectivity index (χ1) is 14.2. The lowest BCUT2D eigenvalue weighted by Gasteiger charge is -2.10. The van der Waals surface area contributed by atoms with Crippen LogP contribution in [0.15, 0.2) is 48.5 Å². The highest BCUT2D eigenvalue weighted by Crippen LogP contribution is 2.23. The molecule has 150 valence electrons. The topological polar surface area (TPSA) is 71.9 Å². The van der Waals surface area contributed by atoms with Crippen LogP contribution in [-0.2, 0) is 17.7 Å². The highest BCUT2D eigenvalue weighted by Gasteiger charge is 2.15. The standard InChI is InChI=1S/C22H23ClN4O2/c1-29-12-11-27-19-9-8-16(23)13-15(19)14-20(27)22(28)24-10-4-7-21-25-17-5-2-3-6-18(17)26-21/h2-3,5-6,8-9,13-14H,4,7,10-12H2,1H3,(H,24,28)(H,25,26). The Morgan fingerprint density at radius 1 is 1.24 bits per heavy atom. The van der Waals surface area contributed by atoms with Crippen LogP contribution in [0.4, 0.5) is 0 Å². The number of benzene rings is 2. The van der Waals surface area contributed by atoms with Gasteiger partial charge in [-0.15, -0.1) is 0 Å². The molecule has 0 saturated heterocycles. The van der Waals surface area contributed by atoms with Crippen molar-refractivity contribution < 1.29 is 9.53 Å². The summed E-state index contributed by atoms with van der Waals surface area (Å²) < 4.78 is 7.18. The van der Waals surface area contributed by atoms with E-state index in [1.807, 2.05) is 53.1 Å². The van der Waals surface area contributed by atoms with Crippen molar-refractivity contribution >= 4 is 39.4 Å².